The van der Waals surface area contributed by atoms with Gasteiger partial charge in [0.15, 0.2) is 11.6 Å². The number of carbonyl (C=O) groups excluding carboxylic acids is 2. The van der Waals surface area contributed by atoms with E-state index in [4.69, 9.17) is 21.1 Å². The van der Waals surface area contributed by atoms with Gasteiger partial charge in [0.1, 0.15) is 12.6 Å². The summed E-state index contributed by atoms with van der Waals surface area (Å²) in [4.78, 5) is 35.2. The van der Waals surface area contributed by atoms with Gasteiger partial charge in [-0.05, 0) is 29.7 Å². The zero-order chi connectivity index (χ0) is 22.4. The van der Waals surface area contributed by atoms with Crippen LogP contribution in [0, 0.1) is 21.8 Å². The standard InChI is InChI=1S/C20H20ClFN2O6/c1-11(2)18(20(26)30-10-12-4-7-17(29-3)16(22)8-12)23-19(25)14-6-5-13(24(27)28)9-15(14)21/h4-9,11,18H,10H2,1-3H3,(H,23,25)/t18-/m0/s1. The number of esters is 1. The number of ether oxygens (including phenoxy) is 2. The Hall–Kier alpha value is -3.20. The number of methoxy groups -OCH3 is 1. The highest BCUT2D eigenvalue weighted by Gasteiger charge is 2.27. The van der Waals surface area contributed by atoms with Gasteiger partial charge in [-0.15, -0.1) is 0 Å². The van der Waals surface area contributed by atoms with Crippen molar-refractivity contribution in [3.8, 4) is 5.75 Å². The minimum Gasteiger partial charge on any atom is -0.494 e. The van der Waals surface area contributed by atoms with Gasteiger partial charge < -0.3 is 14.8 Å². The molecule has 0 fully saturated rings. The summed E-state index contributed by atoms with van der Waals surface area (Å²) in [7, 11) is 1.34. The zero-order valence-corrected chi connectivity index (χ0v) is 17.2. The van der Waals surface area contributed by atoms with Gasteiger partial charge >= 0.3 is 5.97 Å². The van der Waals surface area contributed by atoms with Crippen LogP contribution in [-0.4, -0.2) is 30.0 Å². The third-order valence-electron chi connectivity index (χ3n) is 4.21. The summed E-state index contributed by atoms with van der Waals surface area (Å²) in [5, 5.41) is 13.2. The Morgan fingerprint density at radius 1 is 1.23 bits per heavy atom. The molecule has 0 saturated carbocycles. The van der Waals surface area contributed by atoms with Crippen molar-refractivity contribution in [2.24, 2.45) is 5.92 Å². The molecule has 0 aliphatic rings. The van der Waals surface area contributed by atoms with Crippen molar-refractivity contribution in [2.45, 2.75) is 26.5 Å². The first-order chi connectivity index (χ1) is 14.1. The van der Waals surface area contributed by atoms with E-state index in [9.17, 15) is 24.1 Å². The average Bonchev–Trinajstić information content (AvgIpc) is 2.69. The molecule has 0 aromatic heterocycles. The summed E-state index contributed by atoms with van der Waals surface area (Å²) in [6.45, 7) is 3.21. The van der Waals surface area contributed by atoms with Crippen LogP contribution in [0.25, 0.3) is 0 Å². The Kier molecular flexibility index (Phi) is 7.71. The van der Waals surface area contributed by atoms with Gasteiger partial charge in [0, 0.05) is 12.1 Å². The van der Waals surface area contributed by atoms with Crippen LogP contribution < -0.4 is 10.1 Å². The number of nitrogens with zero attached hydrogens (tertiary/aromatic N) is 1. The van der Waals surface area contributed by atoms with Crippen LogP contribution in [0.1, 0.15) is 29.8 Å². The molecule has 0 aliphatic carbocycles. The lowest BCUT2D eigenvalue weighted by Gasteiger charge is -2.21. The van der Waals surface area contributed by atoms with E-state index in [0.29, 0.717) is 5.56 Å². The number of nitro groups is 1. The summed E-state index contributed by atoms with van der Waals surface area (Å²) in [6, 6.07) is 6.54. The normalized spacial score (nSPS) is 11.7. The molecule has 1 atom stereocenters. The van der Waals surface area contributed by atoms with E-state index in [1.807, 2.05) is 0 Å². The van der Waals surface area contributed by atoms with E-state index in [-0.39, 0.29) is 34.5 Å². The fourth-order valence-corrected chi connectivity index (χ4v) is 2.82. The molecule has 30 heavy (non-hydrogen) atoms. The predicted octanol–water partition coefficient (Wildman–Crippen LogP) is 3.89. The van der Waals surface area contributed by atoms with Crippen LogP contribution in [0.15, 0.2) is 36.4 Å². The van der Waals surface area contributed by atoms with Gasteiger partial charge in [0.25, 0.3) is 11.6 Å². The first-order valence-electron chi connectivity index (χ1n) is 8.88. The first kappa shape index (κ1) is 23.1. The van der Waals surface area contributed by atoms with E-state index in [0.717, 1.165) is 12.1 Å². The van der Waals surface area contributed by atoms with Crippen LogP contribution in [0.2, 0.25) is 5.02 Å². The van der Waals surface area contributed by atoms with Crippen LogP contribution >= 0.6 is 11.6 Å². The lowest BCUT2D eigenvalue weighted by atomic mass is 10.0. The van der Waals surface area contributed by atoms with Crippen LogP contribution in [0.5, 0.6) is 5.75 Å². The number of rotatable bonds is 8. The Balaban J connectivity index is 2.08. The summed E-state index contributed by atoms with van der Waals surface area (Å²) in [6.07, 6.45) is 0. The van der Waals surface area contributed by atoms with Gasteiger partial charge in [-0.2, -0.15) is 0 Å². The van der Waals surface area contributed by atoms with Crippen molar-refractivity contribution >= 4 is 29.2 Å². The molecule has 1 N–H and O–H groups in total. The Bertz CT molecular complexity index is 966. The van der Waals surface area contributed by atoms with E-state index < -0.39 is 28.7 Å². The van der Waals surface area contributed by atoms with Crippen molar-refractivity contribution in [1.29, 1.82) is 0 Å². The third-order valence-corrected chi connectivity index (χ3v) is 4.53. The Morgan fingerprint density at radius 3 is 2.47 bits per heavy atom. The summed E-state index contributed by atoms with van der Waals surface area (Å²) < 4.78 is 23.8. The predicted molar refractivity (Wildman–Crippen MR) is 107 cm³/mol. The average molecular weight is 439 g/mol. The second kappa shape index (κ2) is 10.0. The maximum absolute atomic E-state index is 13.8. The molecule has 0 heterocycles. The number of nitro benzene ring substituents is 1. The molecular formula is C20H20ClFN2O6. The maximum atomic E-state index is 13.8. The van der Waals surface area contributed by atoms with E-state index in [1.165, 1.54) is 25.3 Å². The number of non-ortho nitro benzene ring substituents is 1. The Morgan fingerprint density at radius 2 is 1.93 bits per heavy atom. The number of hydrogen-bond donors (Lipinski definition) is 1. The molecule has 2 aromatic carbocycles. The number of nitrogens with one attached hydrogen (secondary N) is 1. The molecule has 2 aromatic rings. The molecule has 0 aliphatic heterocycles. The SMILES string of the molecule is COc1ccc(COC(=O)[C@@H](NC(=O)c2ccc([N+](=O)[O-])cc2Cl)C(C)C)cc1F. The summed E-state index contributed by atoms with van der Waals surface area (Å²) in [5.41, 5.74) is 0.134. The lowest BCUT2D eigenvalue weighted by Crippen LogP contribution is -2.45. The van der Waals surface area contributed by atoms with Gasteiger partial charge in [0.2, 0.25) is 0 Å². The largest absolute Gasteiger partial charge is 0.494 e. The number of hydrogen-bond acceptors (Lipinski definition) is 6. The van der Waals surface area contributed by atoms with Crippen molar-refractivity contribution in [1.82, 2.24) is 5.32 Å². The highest BCUT2D eigenvalue weighted by molar-refractivity contribution is 6.34. The van der Waals surface area contributed by atoms with E-state index in [1.54, 1.807) is 19.9 Å². The number of benzene rings is 2. The highest BCUT2D eigenvalue weighted by atomic mass is 35.5. The van der Waals surface area contributed by atoms with Gasteiger partial charge in [-0.1, -0.05) is 31.5 Å². The smallest absolute Gasteiger partial charge is 0.329 e. The quantitative estimate of drug-likeness (QED) is 0.380. The van der Waals surface area contributed by atoms with Gasteiger partial charge in [0.05, 0.1) is 22.6 Å². The summed E-state index contributed by atoms with van der Waals surface area (Å²) in [5.74, 6) is -2.25. The van der Waals surface area contributed by atoms with E-state index in [2.05, 4.69) is 5.32 Å². The molecule has 160 valence electrons. The maximum Gasteiger partial charge on any atom is 0.329 e. The molecule has 0 unspecified atom stereocenters. The second-order valence-corrected chi connectivity index (χ2v) is 7.10. The van der Waals surface area contributed by atoms with Crippen LogP contribution in [0.4, 0.5) is 10.1 Å². The van der Waals surface area contributed by atoms with Crippen molar-refractivity contribution in [2.75, 3.05) is 7.11 Å². The van der Waals surface area contributed by atoms with Gasteiger partial charge in [-0.3, -0.25) is 14.9 Å². The molecule has 2 rings (SSSR count). The molecule has 8 nitrogen and oxygen atoms in total. The molecule has 0 saturated heterocycles. The zero-order valence-electron chi connectivity index (χ0n) is 16.5. The fourth-order valence-electron chi connectivity index (χ4n) is 2.56. The van der Waals surface area contributed by atoms with Crippen LogP contribution in [0.3, 0.4) is 0 Å². The molecule has 1 amide bonds. The Labute approximate surface area is 177 Å². The first-order valence-corrected chi connectivity index (χ1v) is 9.25. The molecule has 0 spiro atoms. The van der Waals surface area contributed by atoms with Gasteiger partial charge in [-0.25, -0.2) is 9.18 Å². The lowest BCUT2D eigenvalue weighted by molar-refractivity contribution is -0.384. The number of halogens is 2. The minimum absolute atomic E-state index is 0.0158. The number of amides is 1. The van der Waals surface area contributed by atoms with Crippen molar-refractivity contribution in [3.63, 3.8) is 0 Å². The number of carbonyl (C=O) groups is 2. The topological polar surface area (TPSA) is 108 Å². The second-order valence-electron chi connectivity index (χ2n) is 6.69. The molecule has 0 bridgehead atoms. The van der Waals surface area contributed by atoms with E-state index >= 15 is 0 Å². The monoisotopic (exact) mass is 438 g/mol. The fraction of sp³-hybridized carbons (Fsp3) is 0.300. The summed E-state index contributed by atoms with van der Waals surface area (Å²) >= 11 is 5.96. The minimum atomic E-state index is -1.01. The third kappa shape index (κ3) is 5.66. The molecular weight excluding hydrogens is 419 g/mol. The molecule has 10 heteroatoms. The van der Waals surface area contributed by atoms with Crippen LogP contribution in [-0.2, 0) is 16.1 Å². The van der Waals surface area contributed by atoms with Crippen molar-refractivity contribution in [3.05, 3.63) is 68.5 Å². The molecule has 0 radical (unpaired) electrons. The van der Waals surface area contributed by atoms with Crippen molar-refractivity contribution < 1.29 is 28.4 Å². The highest BCUT2D eigenvalue weighted by Crippen LogP contribution is 2.23.